The Hall–Kier alpha value is -4.20. The first-order chi connectivity index (χ1) is 17.3. The van der Waals surface area contributed by atoms with Crippen LogP contribution in [0.25, 0.3) is 22.5 Å². The number of hydrogen-bond acceptors (Lipinski definition) is 5. The molecule has 1 aromatic heterocycles. The van der Waals surface area contributed by atoms with Crippen LogP contribution in [0.5, 0.6) is 5.75 Å². The maximum atomic E-state index is 13.0. The SMILES string of the molecule is Cc1ccc(NC(=O)Nc2cc(-c3ccccc3-c3nnn[nH]3)ccc2OC(C(C)C)C(C)C)cc1. The number of amides is 2. The van der Waals surface area contributed by atoms with Crippen LogP contribution in [0, 0.1) is 18.8 Å². The number of nitrogens with one attached hydrogen (secondary N) is 3. The Kier molecular flexibility index (Phi) is 7.63. The summed E-state index contributed by atoms with van der Waals surface area (Å²) in [4.78, 5) is 13.0. The van der Waals surface area contributed by atoms with E-state index in [1.807, 2.05) is 73.7 Å². The second-order valence-electron chi connectivity index (χ2n) is 9.52. The molecule has 4 rings (SSSR count). The number of tetrazole rings is 1. The Morgan fingerprint density at radius 1 is 0.889 bits per heavy atom. The number of rotatable bonds is 8. The molecule has 0 saturated carbocycles. The highest BCUT2D eigenvalue weighted by Gasteiger charge is 2.22. The molecule has 3 aromatic carbocycles. The van der Waals surface area contributed by atoms with Crippen LogP contribution in [-0.4, -0.2) is 32.8 Å². The normalized spacial score (nSPS) is 11.2. The number of benzene rings is 3. The molecule has 8 heteroatoms. The van der Waals surface area contributed by atoms with Gasteiger partial charge in [-0.25, -0.2) is 9.89 Å². The first-order valence-corrected chi connectivity index (χ1v) is 12.1. The van der Waals surface area contributed by atoms with E-state index in [1.165, 1.54) is 0 Å². The molecule has 0 fully saturated rings. The summed E-state index contributed by atoms with van der Waals surface area (Å²) in [6.07, 6.45) is -0.0101. The van der Waals surface area contributed by atoms with Crippen molar-refractivity contribution in [1.29, 1.82) is 0 Å². The summed E-state index contributed by atoms with van der Waals surface area (Å²) in [5.74, 6) is 1.79. The zero-order valence-electron chi connectivity index (χ0n) is 21.2. The average molecular weight is 485 g/mol. The summed E-state index contributed by atoms with van der Waals surface area (Å²) in [5, 5.41) is 20.2. The van der Waals surface area contributed by atoms with Crippen molar-refractivity contribution in [2.75, 3.05) is 10.6 Å². The van der Waals surface area contributed by atoms with Gasteiger partial charge in [-0.05, 0) is 64.6 Å². The lowest BCUT2D eigenvalue weighted by Gasteiger charge is -2.27. The topological polar surface area (TPSA) is 105 Å². The van der Waals surface area contributed by atoms with E-state index in [1.54, 1.807) is 0 Å². The molecule has 1 heterocycles. The highest BCUT2D eigenvalue weighted by atomic mass is 16.5. The monoisotopic (exact) mass is 484 g/mol. The molecule has 0 bridgehead atoms. The summed E-state index contributed by atoms with van der Waals surface area (Å²) >= 11 is 0. The number of aromatic nitrogens is 4. The molecular weight excluding hydrogens is 452 g/mol. The highest BCUT2D eigenvalue weighted by molar-refractivity contribution is 6.01. The first-order valence-electron chi connectivity index (χ1n) is 12.1. The summed E-state index contributed by atoms with van der Waals surface area (Å²) in [5.41, 5.74) is 5.09. The number of aromatic amines is 1. The number of urea groups is 1. The van der Waals surface area contributed by atoms with Crippen LogP contribution >= 0.6 is 0 Å². The van der Waals surface area contributed by atoms with E-state index in [9.17, 15) is 4.79 Å². The summed E-state index contributed by atoms with van der Waals surface area (Å²) in [6, 6.07) is 21.0. The standard InChI is InChI=1S/C28H32N6O2/c1-17(2)26(18(3)4)36-25-15-12-20(22-8-6-7-9-23(22)27-31-33-34-32-27)16-24(25)30-28(35)29-21-13-10-19(5)11-14-21/h6-18,26H,1-5H3,(H2,29,30,35)(H,31,32,33,34). The largest absolute Gasteiger partial charge is 0.488 e. The molecule has 0 atom stereocenters. The van der Waals surface area contributed by atoms with Gasteiger partial charge in [0.05, 0.1) is 5.69 Å². The first kappa shape index (κ1) is 24.9. The Morgan fingerprint density at radius 2 is 1.58 bits per heavy atom. The van der Waals surface area contributed by atoms with Crippen LogP contribution in [0.15, 0.2) is 66.7 Å². The van der Waals surface area contributed by atoms with Crippen LogP contribution in [0.2, 0.25) is 0 Å². The van der Waals surface area contributed by atoms with E-state index in [0.29, 0.717) is 34.8 Å². The Labute approximate surface area is 211 Å². The van der Waals surface area contributed by atoms with Crippen molar-refractivity contribution in [2.45, 2.75) is 40.7 Å². The Balaban J connectivity index is 1.70. The van der Waals surface area contributed by atoms with E-state index in [0.717, 1.165) is 22.3 Å². The van der Waals surface area contributed by atoms with Crippen molar-refractivity contribution in [1.82, 2.24) is 20.6 Å². The fraction of sp³-hybridized carbons (Fsp3) is 0.286. The fourth-order valence-corrected chi connectivity index (χ4v) is 4.22. The zero-order chi connectivity index (χ0) is 25.7. The number of aryl methyl sites for hydroxylation is 1. The van der Waals surface area contributed by atoms with Crippen LogP contribution in [0.4, 0.5) is 16.2 Å². The predicted molar refractivity (Wildman–Crippen MR) is 143 cm³/mol. The number of ether oxygens (including phenoxy) is 1. The number of carbonyl (C=O) groups is 1. The molecule has 8 nitrogen and oxygen atoms in total. The van der Waals surface area contributed by atoms with Gasteiger partial charge in [-0.15, -0.1) is 5.10 Å². The van der Waals surface area contributed by atoms with Gasteiger partial charge in [0.25, 0.3) is 0 Å². The lowest BCUT2D eigenvalue weighted by molar-refractivity contribution is 0.106. The smallest absolute Gasteiger partial charge is 0.323 e. The van der Waals surface area contributed by atoms with E-state index in [4.69, 9.17) is 4.74 Å². The maximum Gasteiger partial charge on any atom is 0.323 e. The van der Waals surface area contributed by atoms with Gasteiger partial charge in [0.15, 0.2) is 5.82 Å². The fourth-order valence-electron chi connectivity index (χ4n) is 4.22. The molecular formula is C28H32N6O2. The molecule has 0 spiro atoms. The van der Waals surface area contributed by atoms with Gasteiger partial charge in [-0.3, -0.25) is 0 Å². The molecule has 186 valence electrons. The molecule has 0 unspecified atom stereocenters. The maximum absolute atomic E-state index is 13.0. The minimum absolute atomic E-state index is 0.0101. The average Bonchev–Trinajstić information content (AvgIpc) is 3.39. The van der Waals surface area contributed by atoms with E-state index >= 15 is 0 Å². The van der Waals surface area contributed by atoms with Crippen molar-refractivity contribution in [2.24, 2.45) is 11.8 Å². The zero-order valence-corrected chi connectivity index (χ0v) is 21.2. The molecule has 0 aliphatic rings. The van der Waals surface area contributed by atoms with Gasteiger partial charge in [0.2, 0.25) is 0 Å². The van der Waals surface area contributed by atoms with Crippen LogP contribution in [0.1, 0.15) is 33.3 Å². The number of carbonyl (C=O) groups excluding carboxylic acids is 1. The molecule has 0 aliphatic carbocycles. The second kappa shape index (κ2) is 11.0. The molecule has 0 saturated heterocycles. The minimum atomic E-state index is -0.348. The van der Waals surface area contributed by atoms with Crippen molar-refractivity contribution < 1.29 is 9.53 Å². The lowest BCUT2D eigenvalue weighted by atomic mass is 9.96. The number of anilines is 2. The van der Waals surface area contributed by atoms with Gasteiger partial charge < -0.3 is 15.4 Å². The summed E-state index contributed by atoms with van der Waals surface area (Å²) < 4.78 is 6.45. The number of H-pyrrole nitrogens is 1. The minimum Gasteiger partial charge on any atom is -0.488 e. The van der Waals surface area contributed by atoms with Gasteiger partial charge in [-0.2, -0.15) is 0 Å². The Morgan fingerprint density at radius 3 is 2.22 bits per heavy atom. The van der Waals surface area contributed by atoms with E-state index in [-0.39, 0.29) is 12.1 Å². The second-order valence-corrected chi connectivity index (χ2v) is 9.52. The lowest BCUT2D eigenvalue weighted by Crippen LogP contribution is -2.29. The summed E-state index contributed by atoms with van der Waals surface area (Å²) in [6.45, 7) is 10.6. The predicted octanol–water partition coefficient (Wildman–Crippen LogP) is 6.55. The van der Waals surface area contributed by atoms with Gasteiger partial charge in [-0.1, -0.05) is 75.7 Å². The van der Waals surface area contributed by atoms with E-state index in [2.05, 4.69) is 59.0 Å². The molecule has 36 heavy (non-hydrogen) atoms. The number of hydrogen-bond donors (Lipinski definition) is 3. The Bertz CT molecular complexity index is 1290. The van der Waals surface area contributed by atoms with Crippen molar-refractivity contribution in [3.05, 3.63) is 72.3 Å². The van der Waals surface area contributed by atoms with Crippen molar-refractivity contribution >= 4 is 17.4 Å². The van der Waals surface area contributed by atoms with Gasteiger partial charge in [0, 0.05) is 11.3 Å². The molecule has 2 amide bonds. The van der Waals surface area contributed by atoms with Gasteiger partial charge >= 0.3 is 6.03 Å². The molecule has 0 radical (unpaired) electrons. The molecule has 4 aromatic rings. The number of nitrogens with zero attached hydrogens (tertiary/aromatic N) is 3. The highest BCUT2D eigenvalue weighted by Crippen LogP contribution is 2.36. The van der Waals surface area contributed by atoms with Crippen molar-refractivity contribution in [3.8, 4) is 28.3 Å². The third kappa shape index (κ3) is 5.89. The van der Waals surface area contributed by atoms with Crippen LogP contribution < -0.4 is 15.4 Å². The van der Waals surface area contributed by atoms with Crippen LogP contribution in [0.3, 0.4) is 0 Å². The van der Waals surface area contributed by atoms with E-state index < -0.39 is 0 Å². The van der Waals surface area contributed by atoms with Crippen LogP contribution in [-0.2, 0) is 0 Å². The van der Waals surface area contributed by atoms with Crippen molar-refractivity contribution in [3.63, 3.8) is 0 Å². The third-order valence-corrected chi connectivity index (χ3v) is 5.95. The molecule has 0 aliphatic heterocycles. The molecule has 3 N–H and O–H groups in total. The van der Waals surface area contributed by atoms with Gasteiger partial charge in [0.1, 0.15) is 11.9 Å². The summed E-state index contributed by atoms with van der Waals surface area (Å²) in [7, 11) is 0. The quantitative estimate of drug-likeness (QED) is 0.263. The third-order valence-electron chi connectivity index (χ3n) is 5.95.